The van der Waals surface area contributed by atoms with Gasteiger partial charge in [0.2, 0.25) is 0 Å². The van der Waals surface area contributed by atoms with Crippen molar-refractivity contribution in [1.82, 2.24) is 5.32 Å². The van der Waals surface area contributed by atoms with Crippen molar-refractivity contribution >= 4 is 50.3 Å². The summed E-state index contributed by atoms with van der Waals surface area (Å²) in [5.41, 5.74) is 20.7. The van der Waals surface area contributed by atoms with E-state index in [-0.39, 0.29) is 6.17 Å². The van der Waals surface area contributed by atoms with Crippen LogP contribution in [-0.2, 0) is 5.41 Å². The molecule has 0 radical (unpaired) electrons. The molecule has 2 aliphatic heterocycles. The minimum Gasteiger partial charge on any atom is -0.344 e. The topological polar surface area (TPSA) is 40.0 Å². The smallest absolute Gasteiger partial charge is 0.159 e. The van der Waals surface area contributed by atoms with Gasteiger partial charge in [0.05, 0.1) is 16.8 Å². The maximum atomic E-state index is 5.20. The third-order valence-corrected chi connectivity index (χ3v) is 15.9. The van der Waals surface area contributed by atoms with Gasteiger partial charge in [0.15, 0.2) is 5.84 Å². The Morgan fingerprint density at radius 3 is 1.51 bits per heavy atom. The minimum absolute atomic E-state index is 0.288. The number of anilines is 3. The Kier molecular flexibility index (Phi) is 10.1. The number of nitrogens with one attached hydrogen (secondary N) is 1. The number of benzene rings is 12. The summed E-state index contributed by atoms with van der Waals surface area (Å²) in [5, 5.41) is 8.74. The van der Waals surface area contributed by atoms with Gasteiger partial charge in [0.1, 0.15) is 12.0 Å². The summed E-state index contributed by atoms with van der Waals surface area (Å²) in [6.45, 7) is 0. The van der Waals surface area contributed by atoms with Crippen LogP contribution in [-0.4, -0.2) is 11.7 Å². The number of fused-ring (bicyclic) bond motifs is 14. The first kappa shape index (κ1) is 43.7. The number of nitrogens with zero attached hydrogens (tertiary/aromatic N) is 3. The molecular weight excluding hydrogens is 921 g/mol. The number of amidine groups is 2. The molecule has 4 nitrogen and oxygen atoms in total. The monoisotopic (exact) mass is 968 g/mol. The molecule has 4 heteroatoms. The first-order valence-corrected chi connectivity index (χ1v) is 26.2. The van der Waals surface area contributed by atoms with Crippen LogP contribution in [0.3, 0.4) is 0 Å². The first-order valence-electron chi connectivity index (χ1n) is 26.2. The predicted molar refractivity (Wildman–Crippen MR) is 315 cm³/mol. The van der Waals surface area contributed by atoms with Gasteiger partial charge in [0, 0.05) is 16.8 Å². The van der Waals surface area contributed by atoms with Crippen molar-refractivity contribution in [1.29, 1.82) is 0 Å². The highest BCUT2D eigenvalue weighted by Crippen LogP contribution is 2.66. The summed E-state index contributed by atoms with van der Waals surface area (Å²) in [5.74, 6) is 1.49. The molecule has 0 amide bonds. The highest BCUT2D eigenvalue weighted by atomic mass is 15.2. The molecule has 1 spiro atoms. The molecule has 0 saturated heterocycles. The second-order valence-corrected chi connectivity index (χ2v) is 20.0. The van der Waals surface area contributed by atoms with Gasteiger partial charge < -0.3 is 10.2 Å². The third-order valence-electron chi connectivity index (χ3n) is 15.9. The lowest BCUT2D eigenvalue weighted by atomic mass is 9.63. The maximum absolute atomic E-state index is 5.20. The molecule has 12 aromatic rings. The van der Waals surface area contributed by atoms with Crippen molar-refractivity contribution in [3.63, 3.8) is 0 Å². The second-order valence-electron chi connectivity index (χ2n) is 20.0. The van der Waals surface area contributed by atoms with E-state index in [4.69, 9.17) is 9.98 Å². The van der Waals surface area contributed by atoms with Crippen molar-refractivity contribution in [2.24, 2.45) is 9.98 Å². The Morgan fingerprint density at radius 2 is 0.829 bits per heavy atom. The fourth-order valence-electron chi connectivity index (χ4n) is 12.5. The van der Waals surface area contributed by atoms with Crippen LogP contribution >= 0.6 is 0 Å². The molecule has 0 aromatic heterocycles. The molecule has 0 bridgehead atoms. The van der Waals surface area contributed by atoms with Crippen molar-refractivity contribution in [3.05, 3.63) is 318 Å². The summed E-state index contributed by atoms with van der Waals surface area (Å²) in [4.78, 5) is 12.8. The van der Waals surface area contributed by atoms with Crippen LogP contribution in [0, 0.1) is 0 Å². The molecule has 1 N–H and O–H groups in total. The summed E-state index contributed by atoms with van der Waals surface area (Å²) in [6, 6.07) is 102. The van der Waals surface area contributed by atoms with Crippen molar-refractivity contribution in [2.45, 2.75) is 11.6 Å². The normalized spacial score (nSPS) is 14.8. The van der Waals surface area contributed by atoms with E-state index in [1.165, 1.54) is 83.0 Å². The van der Waals surface area contributed by atoms with E-state index >= 15 is 0 Å². The average molecular weight is 969 g/mol. The molecular formula is C72H48N4. The number of aliphatic imine (C=N–C) groups is 2. The second kappa shape index (κ2) is 17.7. The molecule has 0 saturated carbocycles. The third kappa shape index (κ3) is 6.84. The quantitative estimate of drug-likeness (QED) is 0.162. The van der Waals surface area contributed by atoms with Gasteiger partial charge in [0.25, 0.3) is 0 Å². The van der Waals surface area contributed by atoms with Gasteiger partial charge in [-0.2, -0.15) is 0 Å². The van der Waals surface area contributed by atoms with E-state index in [9.17, 15) is 0 Å². The van der Waals surface area contributed by atoms with Gasteiger partial charge in [-0.3, -0.25) is 0 Å². The average Bonchev–Trinajstić information content (AvgIpc) is 3.93. The van der Waals surface area contributed by atoms with Gasteiger partial charge in [-0.1, -0.05) is 243 Å². The zero-order valence-corrected chi connectivity index (χ0v) is 41.5. The molecule has 76 heavy (non-hydrogen) atoms. The van der Waals surface area contributed by atoms with Crippen LogP contribution in [0.15, 0.2) is 289 Å². The number of hydrogen-bond acceptors (Lipinski definition) is 4. The Labute approximate surface area is 442 Å². The lowest BCUT2D eigenvalue weighted by molar-refractivity contribution is 0.674. The zero-order chi connectivity index (χ0) is 50.2. The maximum Gasteiger partial charge on any atom is 0.159 e. The van der Waals surface area contributed by atoms with E-state index in [0.717, 1.165) is 44.9 Å². The Balaban J connectivity index is 0.852. The Bertz CT molecular complexity index is 4250. The summed E-state index contributed by atoms with van der Waals surface area (Å²) in [7, 11) is 0. The molecule has 12 aromatic carbocycles. The molecule has 0 fully saturated rings. The largest absolute Gasteiger partial charge is 0.344 e. The van der Waals surface area contributed by atoms with E-state index in [2.05, 4.69) is 277 Å². The molecule has 1 atom stereocenters. The lowest BCUT2D eigenvalue weighted by Crippen LogP contribution is -2.36. The molecule has 15 rings (SSSR count). The molecule has 1 unspecified atom stereocenters. The molecule has 356 valence electrons. The Morgan fingerprint density at radius 1 is 0.355 bits per heavy atom. The van der Waals surface area contributed by atoms with Crippen LogP contribution in [0.2, 0.25) is 0 Å². The van der Waals surface area contributed by atoms with Crippen LogP contribution in [0.1, 0.15) is 45.1 Å². The minimum atomic E-state index is -0.638. The fourth-order valence-corrected chi connectivity index (χ4v) is 12.5. The first-order chi connectivity index (χ1) is 37.7. The van der Waals surface area contributed by atoms with E-state index < -0.39 is 5.41 Å². The highest BCUT2D eigenvalue weighted by molar-refractivity contribution is 6.20. The van der Waals surface area contributed by atoms with Gasteiger partial charge in [-0.15, -0.1) is 0 Å². The standard InChI is InChI=1S/C72H48N4/c1-4-19-47(20-5-1)48-35-39-51(40-36-48)70-73-69(50-21-6-2-7-22-50)74-71(75-70)52-41-37-49(38-42-52)53-23-18-24-54(45-53)55-43-44-61-64(46-55)72(68-60-30-13-11-28-58(60)57-27-10-12-29-59(57)67(61)68)62-31-14-16-33-65(62)76(56-25-8-3-9-26-56)66-34-17-15-32-63(66)72/h1-46,69H,(H,73,74,75). The molecule has 2 heterocycles. The van der Waals surface area contributed by atoms with Crippen LogP contribution in [0.5, 0.6) is 0 Å². The lowest BCUT2D eigenvalue weighted by Gasteiger charge is -2.45. The summed E-state index contributed by atoms with van der Waals surface area (Å²) in [6.07, 6.45) is -0.288. The van der Waals surface area contributed by atoms with Crippen molar-refractivity contribution < 1.29 is 0 Å². The highest BCUT2D eigenvalue weighted by Gasteiger charge is 2.53. The summed E-state index contributed by atoms with van der Waals surface area (Å²) >= 11 is 0. The van der Waals surface area contributed by atoms with Crippen LogP contribution in [0.25, 0.3) is 66.1 Å². The van der Waals surface area contributed by atoms with Gasteiger partial charge >= 0.3 is 0 Å². The van der Waals surface area contributed by atoms with Crippen molar-refractivity contribution in [3.8, 4) is 44.5 Å². The van der Waals surface area contributed by atoms with Crippen LogP contribution < -0.4 is 10.2 Å². The SMILES string of the molecule is c1ccc(-c2ccc(C3=NC(c4ccc(-c5cccc(-c6ccc7c(c6)C6(c8ccccc8N(c8ccccc8)c8ccccc86)c6c-7c7ccccc7c7ccccc67)c5)cc4)=NC(c4ccccc4)N3)cc2)cc1. The van der Waals surface area contributed by atoms with Gasteiger partial charge in [-0.25, -0.2) is 9.98 Å². The number of para-hydroxylation sites is 3. The number of hydrogen-bond donors (Lipinski definition) is 1. The van der Waals surface area contributed by atoms with Gasteiger partial charge in [-0.05, 0) is 130 Å². The zero-order valence-electron chi connectivity index (χ0n) is 41.5. The number of rotatable bonds is 7. The predicted octanol–water partition coefficient (Wildman–Crippen LogP) is 17.6. The Hall–Kier alpha value is -9.90. The van der Waals surface area contributed by atoms with E-state index in [0.29, 0.717) is 5.84 Å². The van der Waals surface area contributed by atoms with Crippen LogP contribution in [0.4, 0.5) is 17.1 Å². The summed E-state index contributed by atoms with van der Waals surface area (Å²) < 4.78 is 0. The van der Waals surface area contributed by atoms with E-state index in [1.807, 2.05) is 12.1 Å². The van der Waals surface area contributed by atoms with Crippen molar-refractivity contribution in [2.75, 3.05) is 4.90 Å². The van der Waals surface area contributed by atoms with E-state index in [1.54, 1.807) is 0 Å². The molecule has 1 aliphatic carbocycles. The fraction of sp³-hybridized carbons (Fsp3) is 0.0278. The molecule has 3 aliphatic rings.